The molecule has 96 valence electrons. The van der Waals surface area contributed by atoms with E-state index in [9.17, 15) is 0 Å². The quantitative estimate of drug-likeness (QED) is 0.727. The van der Waals surface area contributed by atoms with Gasteiger partial charge in [-0.15, -0.1) is 0 Å². The third kappa shape index (κ3) is 5.35. The van der Waals surface area contributed by atoms with Gasteiger partial charge in [0.15, 0.2) is 0 Å². The molecule has 0 spiro atoms. The lowest BCUT2D eigenvalue weighted by Gasteiger charge is -2.09. The molecule has 5 heteroatoms. The van der Waals surface area contributed by atoms with Gasteiger partial charge in [0, 0.05) is 25.9 Å². The summed E-state index contributed by atoms with van der Waals surface area (Å²) >= 11 is 6.05. The summed E-state index contributed by atoms with van der Waals surface area (Å²) in [6.07, 6.45) is 2.71. The average Bonchev–Trinajstić information content (AvgIpc) is 2.33. The van der Waals surface area contributed by atoms with Crippen LogP contribution in [0.15, 0.2) is 12.3 Å². The van der Waals surface area contributed by atoms with Gasteiger partial charge in [0.05, 0.1) is 11.6 Å². The zero-order chi connectivity index (χ0) is 12.5. The van der Waals surface area contributed by atoms with E-state index in [2.05, 4.69) is 17.2 Å². The lowest BCUT2D eigenvalue weighted by Crippen LogP contribution is -2.14. The molecule has 0 aromatic carbocycles. The average molecular weight is 259 g/mol. The van der Waals surface area contributed by atoms with Crippen molar-refractivity contribution in [2.45, 2.75) is 19.9 Å². The normalized spacial score (nSPS) is 10.5. The van der Waals surface area contributed by atoms with Gasteiger partial charge in [-0.3, -0.25) is 0 Å². The first kappa shape index (κ1) is 14.2. The summed E-state index contributed by atoms with van der Waals surface area (Å²) in [5.41, 5.74) is 1.00. The van der Waals surface area contributed by atoms with Gasteiger partial charge >= 0.3 is 0 Å². The minimum absolute atomic E-state index is 0.493. The largest absolute Gasteiger partial charge is 0.475 e. The van der Waals surface area contributed by atoms with Crippen molar-refractivity contribution in [2.24, 2.45) is 0 Å². The van der Waals surface area contributed by atoms with E-state index in [0.717, 1.165) is 25.1 Å². The van der Waals surface area contributed by atoms with Gasteiger partial charge in [-0.25, -0.2) is 4.98 Å². The van der Waals surface area contributed by atoms with Crippen molar-refractivity contribution < 1.29 is 9.47 Å². The number of hydrogen-bond acceptors (Lipinski definition) is 4. The van der Waals surface area contributed by atoms with Crippen LogP contribution < -0.4 is 10.1 Å². The molecule has 0 aliphatic rings. The van der Waals surface area contributed by atoms with Gasteiger partial charge in [-0.1, -0.05) is 18.5 Å². The molecular formula is C12H19ClN2O2. The fourth-order valence-corrected chi connectivity index (χ4v) is 1.47. The van der Waals surface area contributed by atoms with Crippen molar-refractivity contribution in [2.75, 3.05) is 26.9 Å². The first-order valence-electron chi connectivity index (χ1n) is 5.74. The van der Waals surface area contributed by atoms with Crippen molar-refractivity contribution >= 4 is 11.6 Å². The Balaban J connectivity index is 2.53. The number of ether oxygens (including phenoxy) is 2. The Hall–Kier alpha value is -0.840. The van der Waals surface area contributed by atoms with Crippen LogP contribution in [0, 0.1) is 0 Å². The van der Waals surface area contributed by atoms with E-state index >= 15 is 0 Å². The summed E-state index contributed by atoms with van der Waals surface area (Å²) in [5.74, 6) is 0.583. The maximum atomic E-state index is 6.05. The fourth-order valence-electron chi connectivity index (χ4n) is 1.30. The number of rotatable bonds is 8. The number of nitrogens with one attached hydrogen (secondary N) is 1. The van der Waals surface area contributed by atoms with Crippen LogP contribution in [0.1, 0.15) is 18.9 Å². The Morgan fingerprint density at radius 1 is 1.41 bits per heavy atom. The Kier molecular flexibility index (Phi) is 6.93. The van der Waals surface area contributed by atoms with E-state index in [0.29, 0.717) is 24.1 Å². The number of halogens is 1. The Bertz CT molecular complexity index is 334. The van der Waals surface area contributed by atoms with Crippen LogP contribution in [0.2, 0.25) is 5.02 Å². The molecule has 1 N–H and O–H groups in total. The highest BCUT2D eigenvalue weighted by molar-refractivity contribution is 6.31. The van der Waals surface area contributed by atoms with Gasteiger partial charge < -0.3 is 14.8 Å². The van der Waals surface area contributed by atoms with E-state index in [1.165, 1.54) is 0 Å². The number of aromatic nitrogens is 1. The lowest BCUT2D eigenvalue weighted by molar-refractivity contribution is 0.143. The van der Waals surface area contributed by atoms with Crippen molar-refractivity contribution in [3.8, 4) is 5.88 Å². The van der Waals surface area contributed by atoms with Crippen LogP contribution in [-0.4, -0.2) is 31.9 Å². The second-order valence-corrected chi connectivity index (χ2v) is 4.04. The number of pyridine rings is 1. The molecule has 1 aromatic heterocycles. The van der Waals surface area contributed by atoms with Crippen molar-refractivity contribution in [1.29, 1.82) is 0 Å². The monoisotopic (exact) mass is 258 g/mol. The number of methoxy groups -OCH3 is 1. The molecule has 1 aromatic rings. The van der Waals surface area contributed by atoms with Gasteiger partial charge in [0.1, 0.15) is 6.61 Å². The molecule has 0 saturated heterocycles. The van der Waals surface area contributed by atoms with Crippen LogP contribution >= 0.6 is 11.6 Å². The molecule has 0 unspecified atom stereocenters. The summed E-state index contributed by atoms with van der Waals surface area (Å²) < 4.78 is 10.3. The molecule has 17 heavy (non-hydrogen) atoms. The van der Waals surface area contributed by atoms with Crippen molar-refractivity contribution in [3.63, 3.8) is 0 Å². The molecule has 0 fully saturated rings. The van der Waals surface area contributed by atoms with Gasteiger partial charge in [-0.05, 0) is 18.5 Å². The molecular weight excluding hydrogens is 240 g/mol. The summed E-state index contributed by atoms with van der Waals surface area (Å²) in [5, 5.41) is 3.95. The standard InChI is InChI=1S/C12H19ClN2O2/c1-3-4-14-8-10-7-12(15-9-11(10)13)17-6-5-16-2/h7,9,14H,3-6,8H2,1-2H3. The van der Waals surface area contributed by atoms with Crippen LogP contribution in [0.4, 0.5) is 0 Å². The Labute approximate surface area is 107 Å². The second-order valence-electron chi connectivity index (χ2n) is 3.63. The topological polar surface area (TPSA) is 43.4 Å². The van der Waals surface area contributed by atoms with Crippen LogP contribution in [0.3, 0.4) is 0 Å². The van der Waals surface area contributed by atoms with Crippen LogP contribution in [-0.2, 0) is 11.3 Å². The van der Waals surface area contributed by atoms with Crippen LogP contribution in [0.5, 0.6) is 5.88 Å². The van der Waals surface area contributed by atoms with E-state index < -0.39 is 0 Å². The summed E-state index contributed by atoms with van der Waals surface area (Å²) in [4.78, 5) is 4.10. The highest BCUT2D eigenvalue weighted by Crippen LogP contribution is 2.19. The van der Waals surface area contributed by atoms with E-state index in [4.69, 9.17) is 21.1 Å². The Morgan fingerprint density at radius 2 is 2.24 bits per heavy atom. The van der Waals surface area contributed by atoms with E-state index in [1.807, 2.05) is 6.07 Å². The highest BCUT2D eigenvalue weighted by atomic mass is 35.5. The minimum atomic E-state index is 0.493. The van der Waals surface area contributed by atoms with Gasteiger partial charge in [0.25, 0.3) is 0 Å². The second kappa shape index (κ2) is 8.28. The maximum absolute atomic E-state index is 6.05. The highest BCUT2D eigenvalue weighted by Gasteiger charge is 2.04. The number of nitrogens with zero attached hydrogens (tertiary/aromatic N) is 1. The molecule has 1 heterocycles. The SMILES string of the molecule is CCCNCc1cc(OCCOC)ncc1Cl. The fraction of sp³-hybridized carbons (Fsp3) is 0.583. The first-order chi connectivity index (χ1) is 8.27. The molecule has 0 aliphatic carbocycles. The van der Waals surface area contributed by atoms with E-state index in [1.54, 1.807) is 13.3 Å². The molecule has 0 aliphatic heterocycles. The number of hydrogen-bond donors (Lipinski definition) is 1. The molecule has 0 bridgehead atoms. The van der Waals surface area contributed by atoms with Crippen molar-refractivity contribution in [1.82, 2.24) is 10.3 Å². The predicted molar refractivity (Wildman–Crippen MR) is 68.6 cm³/mol. The minimum Gasteiger partial charge on any atom is -0.475 e. The smallest absolute Gasteiger partial charge is 0.213 e. The molecule has 4 nitrogen and oxygen atoms in total. The van der Waals surface area contributed by atoms with Gasteiger partial charge in [0.2, 0.25) is 5.88 Å². The van der Waals surface area contributed by atoms with Gasteiger partial charge in [-0.2, -0.15) is 0 Å². The Morgan fingerprint density at radius 3 is 2.94 bits per heavy atom. The third-order valence-corrected chi connectivity index (χ3v) is 2.53. The van der Waals surface area contributed by atoms with Crippen molar-refractivity contribution in [3.05, 3.63) is 22.8 Å². The molecule has 0 radical (unpaired) electrons. The molecule has 0 saturated carbocycles. The summed E-state index contributed by atoms with van der Waals surface area (Å²) in [6.45, 7) is 4.87. The van der Waals surface area contributed by atoms with Crippen LogP contribution in [0.25, 0.3) is 0 Å². The molecule has 0 atom stereocenters. The lowest BCUT2D eigenvalue weighted by atomic mass is 10.2. The zero-order valence-electron chi connectivity index (χ0n) is 10.3. The molecule has 1 rings (SSSR count). The zero-order valence-corrected chi connectivity index (χ0v) is 11.1. The van der Waals surface area contributed by atoms with E-state index in [-0.39, 0.29) is 0 Å². The maximum Gasteiger partial charge on any atom is 0.213 e. The summed E-state index contributed by atoms with van der Waals surface area (Å²) in [7, 11) is 1.64. The summed E-state index contributed by atoms with van der Waals surface area (Å²) in [6, 6.07) is 1.86. The third-order valence-electron chi connectivity index (χ3n) is 2.19. The first-order valence-corrected chi connectivity index (χ1v) is 6.12. The molecule has 0 amide bonds. The predicted octanol–water partition coefficient (Wildman–Crippen LogP) is 2.26.